The van der Waals surface area contributed by atoms with E-state index in [0.717, 1.165) is 42.2 Å². The minimum absolute atomic E-state index is 0.0778. The van der Waals surface area contributed by atoms with Crippen LogP contribution in [0.1, 0.15) is 30.6 Å². The standard InChI is InChI=1S/C21H27N5O2/c1-15(19-12-16-6-4-5-7-18(16)28-19)25(3)20(27)14-26-11-8-22-13-17(26)21-23-9-10-24(21)2/h4-7,9-10,12,15,17,22H,8,11,13-14H2,1-3H3. The van der Waals surface area contributed by atoms with Gasteiger partial charge in [0.15, 0.2) is 0 Å². The third-order valence-electron chi connectivity index (χ3n) is 5.68. The normalized spacial score (nSPS) is 19.0. The lowest BCUT2D eigenvalue weighted by molar-refractivity contribution is -0.134. The second-order valence-corrected chi connectivity index (χ2v) is 7.45. The van der Waals surface area contributed by atoms with E-state index < -0.39 is 0 Å². The second kappa shape index (κ2) is 7.77. The smallest absolute Gasteiger partial charge is 0.237 e. The molecule has 0 bridgehead atoms. The molecule has 1 aromatic carbocycles. The first-order valence-electron chi connectivity index (χ1n) is 9.70. The van der Waals surface area contributed by atoms with E-state index in [9.17, 15) is 4.79 Å². The third kappa shape index (κ3) is 3.55. The van der Waals surface area contributed by atoms with Crippen LogP contribution in [0.4, 0.5) is 0 Å². The molecule has 0 aliphatic carbocycles. The Kier molecular flexibility index (Phi) is 5.19. The van der Waals surface area contributed by atoms with Crippen molar-refractivity contribution in [3.63, 3.8) is 0 Å². The van der Waals surface area contributed by atoms with Crippen LogP contribution in [0.15, 0.2) is 47.1 Å². The highest BCUT2D eigenvalue weighted by atomic mass is 16.3. The van der Waals surface area contributed by atoms with Gasteiger partial charge in [0.1, 0.15) is 17.2 Å². The van der Waals surface area contributed by atoms with Crippen LogP contribution in [0.5, 0.6) is 0 Å². The minimum Gasteiger partial charge on any atom is -0.459 e. The summed E-state index contributed by atoms with van der Waals surface area (Å²) < 4.78 is 7.98. The van der Waals surface area contributed by atoms with Crippen molar-refractivity contribution in [3.05, 3.63) is 54.3 Å². The summed E-state index contributed by atoms with van der Waals surface area (Å²) in [5.41, 5.74) is 0.849. The largest absolute Gasteiger partial charge is 0.459 e. The molecule has 7 heteroatoms. The quantitative estimate of drug-likeness (QED) is 0.735. The Morgan fingerprint density at radius 3 is 3.00 bits per heavy atom. The van der Waals surface area contributed by atoms with Gasteiger partial charge in [-0.3, -0.25) is 9.69 Å². The number of imidazole rings is 1. The number of fused-ring (bicyclic) bond motifs is 1. The van der Waals surface area contributed by atoms with Gasteiger partial charge in [-0.1, -0.05) is 18.2 Å². The van der Waals surface area contributed by atoms with E-state index in [-0.39, 0.29) is 18.0 Å². The number of rotatable bonds is 5. The molecule has 148 valence electrons. The number of benzene rings is 1. The summed E-state index contributed by atoms with van der Waals surface area (Å²) in [5.74, 6) is 1.86. The topological polar surface area (TPSA) is 66.5 Å². The number of piperazine rings is 1. The summed E-state index contributed by atoms with van der Waals surface area (Å²) in [6, 6.07) is 9.90. The van der Waals surface area contributed by atoms with Crippen LogP contribution >= 0.6 is 0 Å². The molecule has 28 heavy (non-hydrogen) atoms. The molecule has 2 aromatic heterocycles. The molecule has 1 aliphatic rings. The summed E-state index contributed by atoms with van der Waals surface area (Å²) >= 11 is 0. The monoisotopic (exact) mass is 381 g/mol. The number of hydrogen-bond donors (Lipinski definition) is 1. The molecule has 0 saturated carbocycles. The number of nitrogens with zero attached hydrogens (tertiary/aromatic N) is 4. The van der Waals surface area contributed by atoms with Crippen LogP contribution in [0.2, 0.25) is 0 Å². The lowest BCUT2D eigenvalue weighted by Crippen LogP contribution is -2.50. The molecule has 1 saturated heterocycles. The Morgan fingerprint density at radius 2 is 2.25 bits per heavy atom. The van der Waals surface area contributed by atoms with E-state index in [0.29, 0.717) is 6.54 Å². The van der Waals surface area contributed by atoms with E-state index in [4.69, 9.17) is 4.42 Å². The van der Waals surface area contributed by atoms with Gasteiger partial charge in [-0.15, -0.1) is 0 Å². The van der Waals surface area contributed by atoms with Crippen molar-refractivity contribution in [2.45, 2.75) is 19.0 Å². The summed E-state index contributed by atoms with van der Waals surface area (Å²) in [5, 5.41) is 4.47. The highest BCUT2D eigenvalue weighted by molar-refractivity contribution is 5.80. The van der Waals surface area contributed by atoms with Gasteiger partial charge in [-0.05, 0) is 19.1 Å². The molecule has 7 nitrogen and oxygen atoms in total. The summed E-state index contributed by atoms with van der Waals surface area (Å²) in [4.78, 5) is 21.5. The Morgan fingerprint density at radius 1 is 1.43 bits per heavy atom. The number of likely N-dealkylation sites (N-methyl/N-ethyl adjacent to an activating group) is 1. The molecule has 1 fully saturated rings. The number of hydrogen-bond acceptors (Lipinski definition) is 5. The molecule has 0 radical (unpaired) electrons. The molecular weight excluding hydrogens is 354 g/mol. The summed E-state index contributed by atoms with van der Waals surface area (Å²) in [7, 11) is 3.84. The highest BCUT2D eigenvalue weighted by Crippen LogP contribution is 2.27. The second-order valence-electron chi connectivity index (χ2n) is 7.45. The molecule has 3 heterocycles. The fraction of sp³-hybridized carbons (Fsp3) is 0.429. The van der Waals surface area contributed by atoms with Crippen LogP contribution in [0.3, 0.4) is 0 Å². The average molecular weight is 381 g/mol. The fourth-order valence-corrected chi connectivity index (χ4v) is 3.79. The van der Waals surface area contributed by atoms with Crippen LogP contribution in [-0.2, 0) is 11.8 Å². The fourth-order valence-electron chi connectivity index (χ4n) is 3.79. The van der Waals surface area contributed by atoms with Gasteiger partial charge in [0.2, 0.25) is 5.91 Å². The molecule has 1 aliphatic heterocycles. The maximum atomic E-state index is 13.0. The zero-order chi connectivity index (χ0) is 19.7. The van der Waals surface area contributed by atoms with E-state index in [1.165, 1.54) is 0 Å². The molecule has 2 unspecified atom stereocenters. The first-order valence-corrected chi connectivity index (χ1v) is 9.70. The van der Waals surface area contributed by atoms with Crippen LogP contribution in [0.25, 0.3) is 11.0 Å². The first-order chi connectivity index (χ1) is 13.5. The lowest BCUT2D eigenvalue weighted by atomic mass is 10.1. The van der Waals surface area contributed by atoms with Crippen LogP contribution in [0, 0.1) is 0 Å². The van der Waals surface area contributed by atoms with E-state index in [1.807, 2.05) is 62.1 Å². The molecule has 1 N–H and O–H groups in total. The van der Waals surface area contributed by atoms with E-state index in [2.05, 4.69) is 15.2 Å². The van der Waals surface area contributed by atoms with Gasteiger partial charge >= 0.3 is 0 Å². The van der Waals surface area contributed by atoms with Crippen molar-refractivity contribution in [3.8, 4) is 0 Å². The lowest BCUT2D eigenvalue weighted by Gasteiger charge is -2.36. The number of nitrogens with one attached hydrogen (secondary N) is 1. The van der Waals surface area contributed by atoms with Crippen molar-refractivity contribution in [2.75, 3.05) is 33.2 Å². The van der Waals surface area contributed by atoms with Gasteiger partial charge < -0.3 is 19.2 Å². The maximum absolute atomic E-state index is 13.0. The van der Waals surface area contributed by atoms with Gasteiger partial charge in [0, 0.05) is 51.5 Å². The Bertz CT molecular complexity index is 930. The zero-order valence-electron chi connectivity index (χ0n) is 16.6. The number of carbonyl (C=O) groups is 1. The highest BCUT2D eigenvalue weighted by Gasteiger charge is 2.30. The first kappa shape index (κ1) is 18.7. The van der Waals surface area contributed by atoms with E-state index >= 15 is 0 Å². The molecule has 4 rings (SSSR count). The van der Waals surface area contributed by atoms with Crippen molar-refractivity contribution in [1.82, 2.24) is 24.7 Å². The third-order valence-corrected chi connectivity index (χ3v) is 5.68. The predicted molar refractivity (Wildman–Crippen MR) is 108 cm³/mol. The van der Waals surface area contributed by atoms with Crippen molar-refractivity contribution in [1.29, 1.82) is 0 Å². The molecular formula is C21H27N5O2. The van der Waals surface area contributed by atoms with Gasteiger partial charge in [-0.2, -0.15) is 0 Å². The zero-order valence-corrected chi connectivity index (χ0v) is 16.6. The van der Waals surface area contributed by atoms with Gasteiger partial charge in [0.05, 0.1) is 18.6 Å². The number of amides is 1. The molecule has 1 amide bonds. The Balaban J connectivity index is 1.47. The van der Waals surface area contributed by atoms with Crippen molar-refractivity contribution in [2.24, 2.45) is 7.05 Å². The van der Waals surface area contributed by atoms with Crippen LogP contribution in [-0.4, -0.2) is 58.5 Å². The van der Waals surface area contributed by atoms with E-state index in [1.54, 1.807) is 11.1 Å². The Hall–Kier alpha value is -2.64. The maximum Gasteiger partial charge on any atom is 0.237 e. The SMILES string of the molecule is CC(c1cc2ccccc2o1)N(C)C(=O)CN1CCNCC1c1nccn1C. The number of para-hydroxylation sites is 1. The minimum atomic E-state index is -0.130. The van der Waals surface area contributed by atoms with Crippen molar-refractivity contribution >= 4 is 16.9 Å². The Labute approximate surface area is 164 Å². The summed E-state index contributed by atoms with van der Waals surface area (Å²) in [6.45, 7) is 4.85. The predicted octanol–water partition coefficient (Wildman–Crippen LogP) is 2.33. The van der Waals surface area contributed by atoms with Crippen molar-refractivity contribution < 1.29 is 9.21 Å². The van der Waals surface area contributed by atoms with Crippen LogP contribution < -0.4 is 5.32 Å². The number of aryl methyl sites for hydroxylation is 1. The number of aromatic nitrogens is 2. The van der Waals surface area contributed by atoms with Gasteiger partial charge in [0.25, 0.3) is 0 Å². The molecule has 2 atom stereocenters. The average Bonchev–Trinajstić information content (AvgIpc) is 3.33. The number of furan rings is 1. The summed E-state index contributed by atoms with van der Waals surface area (Å²) in [6.07, 6.45) is 3.75. The number of carbonyl (C=O) groups excluding carboxylic acids is 1. The van der Waals surface area contributed by atoms with Gasteiger partial charge in [-0.25, -0.2) is 4.98 Å². The molecule has 0 spiro atoms. The molecule has 3 aromatic rings.